The fourth-order valence-electron chi connectivity index (χ4n) is 5.59. The van der Waals surface area contributed by atoms with E-state index in [2.05, 4.69) is 37.3 Å². The molecule has 0 aliphatic heterocycles. The molecule has 0 radical (unpaired) electrons. The van der Waals surface area contributed by atoms with Crippen LogP contribution in [0.3, 0.4) is 0 Å². The monoisotopic (exact) mass is 474 g/mol. The molecule has 184 valence electrons. The predicted octanol–water partition coefficient (Wildman–Crippen LogP) is 7.27. The normalized spacial score (nSPS) is 22.1. The zero-order valence-electron chi connectivity index (χ0n) is 21.1. The number of ether oxygens (including phenoxy) is 2. The van der Waals surface area contributed by atoms with Crippen molar-refractivity contribution < 1.29 is 18.7 Å². The maximum Gasteiger partial charge on any atom is 0.139 e. The van der Waals surface area contributed by atoms with Gasteiger partial charge in [0.15, 0.2) is 0 Å². The first kappa shape index (κ1) is 25.0. The summed E-state index contributed by atoms with van der Waals surface area (Å²) in [6.45, 7) is 4.08. The predicted molar refractivity (Wildman–Crippen MR) is 138 cm³/mol. The molecule has 3 aromatic rings. The first-order valence-corrected chi connectivity index (χ1v) is 12.4. The van der Waals surface area contributed by atoms with Gasteiger partial charge in [0.1, 0.15) is 23.1 Å². The number of rotatable bonds is 7. The summed E-state index contributed by atoms with van der Waals surface area (Å²) >= 11 is 0. The van der Waals surface area contributed by atoms with Crippen molar-refractivity contribution in [2.24, 2.45) is 5.41 Å². The Morgan fingerprint density at radius 2 is 1.71 bits per heavy atom. The molecule has 3 atom stereocenters. The van der Waals surface area contributed by atoms with Gasteiger partial charge in [-0.05, 0) is 66.3 Å². The third-order valence-electron chi connectivity index (χ3n) is 7.93. The van der Waals surface area contributed by atoms with Crippen molar-refractivity contribution in [2.45, 2.75) is 57.8 Å². The first-order valence-electron chi connectivity index (χ1n) is 12.4. The lowest BCUT2D eigenvalue weighted by atomic mass is 9.63. The molecule has 0 bridgehead atoms. The number of halogens is 1. The van der Waals surface area contributed by atoms with E-state index >= 15 is 0 Å². The number of hydrogen-bond acceptors (Lipinski definition) is 3. The molecular weight excluding hydrogens is 439 g/mol. The molecule has 4 heteroatoms. The number of methoxy groups -OCH3 is 2. The second-order valence-electron chi connectivity index (χ2n) is 9.92. The quantitative estimate of drug-likeness (QED) is 0.361. The number of benzene rings is 3. The van der Waals surface area contributed by atoms with Crippen molar-refractivity contribution in [3.63, 3.8) is 0 Å². The van der Waals surface area contributed by atoms with E-state index in [1.165, 1.54) is 17.2 Å². The maximum atomic E-state index is 14.7. The van der Waals surface area contributed by atoms with Gasteiger partial charge in [0.25, 0.3) is 0 Å². The Bertz CT molecular complexity index is 1170. The van der Waals surface area contributed by atoms with Gasteiger partial charge in [-0.2, -0.15) is 0 Å². The van der Waals surface area contributed by atoms with E-state index in [1.54, 1.807) is 26.4 Å². The Hall–Kier alpha value is -3.14. The van der Waals surface area contributed by atoms with Crippen LogP contribution in [0.5, 0.6) is 11.5 Å². The standard InChI is InChI=1S/C31H35FO3/c1-21-30-26(18-25(34-3)19-28(30)35-4)23(15-14-22-10-6-5-7-11-22)16-17-29(33)31(21,2)20-24-12-8-9-13-27(24)32/h5-13,18-19,21,23H,14-17,20H2,1-4H3. The lowest BCUT2D eigenvalue weighted by Crippen LogP contribution is -2.38. The molecule has 0 N–H and O–H groups in total. The molecule has 3 nitrogen and oxygen atoms in total. The molecule has 0 fully saturated rings. The number of carbonyl (C=O) groups excluding carboxylic acids is 1. The SMILES string of the molecule is COc1cc(OC)c2c(c1)C(CCc1ccccc1)CCC(=O)C(C)(Cc1ccccc1F)C2C. The van der Waals surface area contributed by atoms with Crippen LogP contribution in [0.1, 0.15) is 67.2 Å². The third kappa shape index (κ3) is 5.12. The Balaban J connectivity index is 1.79. The van der Waals surface area contributed by atoms with E-state index < -0.39 is 5.41 Å². The van der Waals surface area contributed by atoms with Crippen LogP contribution >= 0.6 is 0 Å². The van der Waals surface area contributed by atoms with Crippen molar-refractivity contribution >= 4 is 5.78 Å². The molecule has 1 aliphatic rings. The number of hydrogen-bond donors (Lipinski definition) is 0. The van der Waals surface area contributed by atoms with Gasteiger partial charge in [-0.25, -0.2) is 4.39 Å². The van der Waals surface area contributed by atoms with Crippen molar-refractivity contribution in [1.82, 2.24) is 0 Å². The Morgan fingerprint density at radius 3 is 2.40 bits per heavy atom. The first-order chi connectivity index (χ1) is 16.9. The second-order valence-corrected chi connectivity index (χ2v) is 9.92. The van der Waals surface area contributed by atoms with E-state index in [4.69, 9.17) is 9.47 Å². The third-order valence-corrected chi connectivity index (χ3v) is 7.93. The van der Waals surface area contributed by atoms with Crippen molar-refractivity contribution in [3.05, 3.63) is 94.8 Å². The highest BCUT2D eigenvalue weighted by atomic mass is 19.1. The molecule has 1 aliphatic carbocycles. The van der Waals surface area contributed by atoms with Crippen LogP contribution in [0.4, 0.5) is 4.39 Å². The average molecular weight is 475 g/mol. The minimum Gasteiger partial charge on any atom is -0.497 e. The molecule has 0 saturated heterocycles. The summed E-state index contributed by atoms with van der Waals surface area (Å²) in [6, 6.07) is 21.2. The van der Waals surface area contributed by atoms with Crippen LogP contribution in [-0.2, 0) is 17.6 Å². The molecule has 35 heavy (non-hydrogen) atoms. The molecule has 0 saturated carbocycles. The summed E-state index contributed by atoms with van der Waals surface area (Å²) in [5.74, 6) is 1.43. The van der Waals surface area contributed by atoms with E-state index in [1.807, 2.05) is 25.1 Å². The minimum absolute atomic E-state index is 0.162. The zero-order valence-corrected chi connectivity index (χ0v) is 21.1. The topological polar surface area (TPSA) is 35.5 Å². The van der Waals surface area contributed by atoms with E-state index in [0.717, 1.165) is 36.3 Å². The van der Waals surface area contributed by atoms with Gasteiger partial charge in [0.05, 0.1) is 14.2 Å². The summed E-state index contributed by atoms with van der Waals surface area (Å²) in [7, 11) is 3.33. The summed E-state index contributed by atoms with van der Waals surface area (Å²) in [5, 5.41) is 0. The number of Topliss-reactive ketones (excluding diaryl/α,β-unsaturated/α-hetero) is 1. The number of aryl methyl sites for hydroxylation is 1. The van der Waals surface area contributed by atoms with Gasteiger partial charge in [-0.3, -0.25) is 4.79 Å². The fourth-order valence-corrected chi connectivity index (χ4v) is 5.59. The fraction of sp³-hybridized carbons (Fsp3) is 0.387. The van der Waals surface area contributed by atoms with Crippen LogP contribution in [0.2, 0.25) is 0 Å². The van der Waals surface area contributed by atoms with Crippen LogP contribution in [0.25, 0.3) is 0 Å². The summed E-state index contributed by atoms with van der Waals surface area (Å²) in [5.41, 5.74) is 3.32. The van der Waals surface area contributed by atoms with E-state index in [-0.39, 0.29) is 23.4 Å². The molecule has 4 rings (SSSR count). The second kappa shape index (κ2) is 10.6. The zero-order chi connectivity index (χ0) is 25.0. The molecule has 0 amide bonds. The van der Waals surface area contributed by atoms with Gasteiger partial charge in [-0.1, -0.05) is 62.4 Å². The largest absolute Gasteiger partial charge is 0.497 e. The van der Waals surface area contributed by atoms with Gasteiger partial charge < -0.3 is 9.47 Å². The number of ketones is 1. The van der Waals surface area contributed by atoms with Crippen molar-refractivity contribution in [2.75, 3.05) is 14.2 Å². The lowest BCUT2D eigenvalue weighted by Gasteiger charge is -2.40. The highest BCUT2D eigenvalue weighted by molar-refractivity contribution is 5.86. The maximum absolute atomic E-state index is 14.7. The van der Waals surface area contributed by atoms with E-state index in [9.17, 15) is 9.18 Å². The van der Waals surface area contributed by atoms with Gasteiger partial charge >= 0.3 is 0 Å². The highest BCUT2D eigenvalue weighted by Gasteiger charge is 2.44. The lowest BCUT2D eigenvalue weighted by molar-refractivity contribution is -0.129. The van der Waals surface area contributed by atoms with Gasteiger partial charge in [-0.15, -0.1) is 0 Å². The highest BCUT2D eigenvalue weighted by Crippen LogP contribution is 2.51. The molecule has 0 aromatic heterocycles. The minimum atomic E-state index is -0.761. The van der Waals surface area contributed by atoms with Crippen LogP contribution in [0, 0.1) is 11.2 Å². The summed E-state index contributed by atoms with van der Waals surface area (Å²) < 4.78 is 26.2. The van der Waals surface area contributed by atoms with Crippen molar-refractivity contribution in [3.8, 4) is 11.5 Å². The van der Waals surface area contributed by atoms with Gasteiger partial charge in [0.2, 0.25) is 0 Å². The average Bonchev–Trinajstić information content (AvgIpc) is 2.88. The van der Waals surface area contributed by atoms with Crippen LogP contribution in [-0.4, -0.2) is 20.0 Å². The van der Waals surface area contributed by atoms with Gasteiger partial charge in [0, 0.05) is 23.5 Å². The Labute approximate surface area is 208 Å². The summed E-state index contributed by atoms with van der Waals surface area (Å²) in [6.07, 6.45) is 3.42. The summed E-state index contributed by atoms with van der Waals surface area (Å²) in [4.78, 5) is 13.8. The molecule has 0 spiro atoms. The van der Waals surface area contributed by atoms with E-state index in [0.29, 0.717) is 18.4 Å². The number of carbonyl (C=O) groups is 1. The van der Waals surface area contributed by atoms with Crippen LogP contribution < -0.4 is 9.47 Å². The molecule has 3 aromatic carbocycles. The smallest absolute Gasteiger partial charge is 0.139 e. The Morgan fingerprint density at radius 1 is 1.00 bits per heavy atom. The molecule has 0 heterocycles. The Kier molecular flexibility index (Phi) is 7.59. The van der Waals surface area contributed by atoms with Crippen molar-refractivity contribution in [1.29, 1.82) is 0 Å². The number of fused-ring (bicyclic) bond motifs is 1. The van der Waals surface area contributed by atoms with Crippen LogP contribution in [0.15, 0.2) is 66.7 Å². The molecule has 3 unspecified atom stereocenters. The molecular formula is C31H35FO3.